The van der Waals surface area contributed by atoms with Gasteiger partial charge < -0.3 is 5.73 Å². The van der Waals surface area contributed by atoms with Gasteiger partial charge in [0.15, 0.2) is 0 Å². The Morgan fingerprint density at radius 1 is 1.53 bits per heavy atom. The van der Waals surface area contributed by atoms with Crippen molar-refractivity contribution in [1.29, 1.82) is 0 Å². The third kappa shape index (κ3) is 2.37. The first-order valence-corrected chi connectivity index (χ1v) is 6.22. The Labute approximate surface area is 109 Å². The maximum atomic E-state index is 11.9. The second-order valence-electron chi connectivity index (χ2n) is 4.88. The Bertz CT molecular complexity index is 658. The number of hydrogen-bond donors (Lipinski definition) is 3. The van der Waals surface area contributed by atoms with Crippen molar-refractivity contribution in [2.24, 2.45) is 0 Å². The lowest BCUT2D eigenvalue weighted by molar-refractivity contribution is 0.239. The minimum Gasteiger partial charge on any atom is -0.369 e. The molecule has 3 rings (SSSR count). The fraction of sp³-hybridized carbons (Fsp3) is 0.417. The summed E-state index contributed by atoms with van der Waals surface area (Å²) in [5.74, 6) is 0.195. The Hall–Kier alpha value is -2.15. The molecule has 100 valence electrons. The summed E-state index contributed by atoms with van der Waals surface area (Å²) in [5, 5.41) is 7.14. The van der Waals surface area contributed by atoms with Crippen molar-refractivity contribution in [2.45, 2.75) is 26.4 Å². The van der Waals surface area contributed by atoms with Crippen LogP contribution in [-0.2, 0) is 19.5 Å². The molecule has 0 aromatic carbocycles. The number of anilines is 1. The topological polar surface area (TPSA) is 104 Å². The van der Waals surface area contributed by atoms with Gasteiger partial charge in [0.25, 0.3) is 5.56 Å². The number of nitrogens with one attached hydrogen (secondary N) is 2. The van der Waals surface area contributed by atoms with Gasteiger partial charge >= 0.3 is 0 Å². The molecule has 7 nitrogen and oxygen atoms in total. The smallest absolute Gasteiger partial charge is 0.257 e. The normalized spacial score (nSPS) is 15.4. The van der Waals surface area contributed by atoms with Crippen LogP contribution in [-0.4, -0.2) is 31.6 Å². The van der Waals surface area contributed by atoms with E-state index >= 15 is 0 Å². The maximum absolute atomic E-state index is 11.9. The van der Waals surface area contributed by atoms with E-state index in [1.165, 1.54) is 0 Å². The molecule has 2 aromatic heterocycles. The Balaban J connectivity index is 1.80. The molecule has 0 amide bonds. The van der Waals surface area contributed by atoms with Crippen LogP contribution in [0.1, 0.15) is 22.6 Å². The number of aromatic nitrogens is 4. The monoisotopic (exact) mass is 260 g/mol. The summed E-state index contributed by atoms with van der Waals surface area (Å²) in [4.78, 5) is 20.8. The molecule has 0 atom stereocenters. The summed E-state index contributed by atoms with van der Waals surface area (Å²) in [5.41, 5.74) is 8.97. The lowest BCUT2D eigenvalue weighted by Gasteiger charge is -2.26. The number of rotatable bonds is 2. The van der Waals surface area contributed by atoms with Gasteiger partial charge in [-0.1, -0.05) is 0 Å². The molecule has 3 heterocycles. The zero-order chi connectivity index (χ0) is 13.4. The number of aromatic amines is 2. The van der Waals surface area contributed by atoms with Crippen LogP contribution < -0.4 is 11.3 Å². The molecule has 0 saturated heterocycles. The van der Waals surface area contributed by atoms with Gasteiger partial charge in [-0.2, -0.15) is 5.10 Å². The highest BCUT2D eigenvalue weighted by molar-refractivity contribution is 5.27. The van der Waals surface area contributed by atoms with Crippen LogP contribution in [0.25, 0.3) is 0 Å². The van der Waals surface area contributed by atoms with Crippen molar-refractivity contribution < 1.29 is 0 Å². The predicted molar refractivity (Wildman–Crippen MR) is 70.4 cm³/mol. The molecule has 4 N–H and O–H groups in total. The quantitative estimate of drug-likeness (QED) is 0.702. The first-order valence-electron chi connectivity index (χ1n) is 6.22. The first kappa shape index (κ1) is 11.9. The van der Waals surface area contributed by atoms with Crippen LogP contribution in [0.5, 0.6) is 0 Å². The van der Waals surface area contributed by atoms with Gasteiger partial charge in [0.1, 0.15) is 0 Å². The number of H-pyrrole nitrogens is 2. The highest BCUT2D eigenvalue weighted by atomic mass is 16.1. The van der Waals surface area contributed by atoms with E-state index in [2.05, 4.69) is 25.1 Å². The highest BCUT2D eigenvalue weighted by Gasteiger charge is 2.21. The Morgan fingerprint density at radius 3 is 3.11 bits per heavy atom. The van der Waals surface area contributed by atoms with E-state index in [1.54, 1.807) is 0 Å². The summed E-state index contributed by atoms with van der Waals surface area (Å²) in [6, 6.07) is 2.01. The van der Waals surface area contributed by atoms with E-state index in [0.29, 0.717) is 12.1 Å². The van der Waals surface area contributed by atoms with Crippen LogP contribution in [0.4, 0.5) is 5.95 Å². The number of hydrogen-bond acceptors (Lipinski definition) is 5. The zero-order valence-electron chi connectivity index (χ0n) is 10.7. The molecular formula is C12H16N6O. The molecule has 1 aliphatic heterocycles. The Kier molecular flexibility index (Phi) is 2.83. The third-order valence-electron chi connectivity index (χ3n) is 3.31. The van der Waals surface area contributed by atoms with E-state index in [9.17, 15) is 4.79 Å². The van der Waals surface area contributed by atoms with Crippen molar-refractivity contribution >= 4 is 5.95 Å². The van der Waals surface area contributed by atoms with E-state index in [4.69, 9.17) is 5.73 Å². The van der Waals surface area contributed by atoms with Gasteiger partial charge in [-0.25, -0.2) is 4.98 Å². The second-order valence-corrected chi connectivity index (χ2v) is 4.88. The molecule has 0 aliphatic carbocycles. The van der Waals surface area contributed by atoms with Gasteiger partial charge in [0.2, 0.25) is 5.95 Å². The molecule has 19 heavy (non-hydrogen) atoms. The first-order chi connectivity index (χ1) is 9.11. The number of aryl methyl sites for hydroxylation is 1. The highest BCUT2D eigenvalue weighted by Crippen LogP contribution is 2.16. The van der Waals surface area contributed by atoms with Gasteiger partial charge in [0, 0.05) is 31.7 Å². The number of nitrogens with zero attached hydrogens (tertiary/aromatic N) is 3. The molecule has 0 spiro atoms. The molecule has 0 saturated carbocycles. The van der Waals surface area contributed by atoms with Crippen molar-refractivity contribution in [1.82, 2.24) is 25.1 Å². The fourth-order valence-electron chi connectivity index (χ4n) is 2.42. The summed E-state index contributed by atoms with van der Waals surface area (Å²) < 4.78 is 0. The van der Waals surface area contributed by atoms with E-state index in [1.807, 2.05) is 13.0 Å². The zero-order valence-corrected chi connectivity index (χ0v) is 10.7. The van der Waals surface area contributed by atoms with Crippen LogP contribution >= 0.6 is 0 Å². The van der Waals surface area contributed by atoms with Gasteiger partial charge in [0.05, 0.1) is 17.0 Å². The summed E-state index contributed by atoms with van der Waals surface area (Å²) in [6.45, 7) is 4.14. The van der Waals surface area contributed by atoms with E-state index < -0.39 is 0 Å². The summed E-state index contributed by atoms with van der Waals surface area (Å²) in [7, 11) is 0. The number of nitrogen functional groups attached to an aromatic ring is 1. The van der Waals surface area contributed by atoms with Gasteiger partial charge in [-0.15, -0.1) is 0 Å². The van der Waals surface area contributed by atoms with E-state index in [0.717, 1.165) is 36.6 Å². The fourth-order valence-corrected chi connectivity index (χ4v) is 2.42. The van der Waals surface area contributed by atoms with Crippen molar-refractivity contribution in [3.05, 3.63) is 39.1 Å². The van der Waals surface area contributed by atoms with Crippen molar-refractivity contribution in [3.8, 4) is 0 Å². The van der Waals surface area contributed by atoms with Crippen LogP contribution in [0.15, 0.2) is 10.9 Å². The SMILES string of the molecule is Cc1cc(CN2CCc3nc(N)[nH]c(=O)c3C2)n[nH]1. The van der Waals surface area contributed by atoms with Crippen LogP contribution in [0.3, 0.4) is 0 Å². The maximum Gasteiger partial charge on any atom is 0.257 e. The molecule has 2 aromatic rings. The molecule has 0 radical (unpaired) electrons. The number of fused-ring (bicyclic) bond motifs is 1. The third-order valence-corrected chi connectivity index (χ3v) is 3.31. The minimum absolute atomic E-state index is 0.134. The molecule has 1 aliphatic rings. The van der Waals surface area contributed by atoms with Crippen molar-refractivity contribution in [3.63, 3.8) is 0 Å². The Morgan fingerprint density at radius 2 is 2.37 bits per heavy atom. The average molecular weight is 260 g/mol. The van der Waals surface area contributed by atoms with Gasteiger partial charge in [-0.3, -0.25) is 19.8 Å². The largest absolute Gasteiger partial charge is 0.369 e. The predicted octanol–water partition coefficient (Wildman–Crippen LogP) is -0.0581. The standard InChI is InChI=1S/C12H16N6O/c1-7-4-8(17-16-7)5-18-3-2-10-9(6-18)11(19)15-12(13)14-10/h4H,2-3,5-6H2,1H3,(H,16,17)(H3,13,14,15,19). The molecule has 7 heteroatoms. The number of nitrogens with two attached hydrogens (primary N) is 1. The van der Waals surface area contributed by atoms with Crippen molar-refractivity contribution in [2.75, 3.05) is 12.3 Å². The van der Waals surface area contributed by atoms with Crippen LogP contribution in [0, 0.1) is 6.92 Å². The molecular weight excluding hydrogens is 244 g/mol. The lowest BCUT2D eigenvalue weighted by Crippen LogP contribution is -2.35. The molecule has 0 unspecified atom stereocenters. The summed E-state index contributed by atoms with van der Waals surface area (Å²) >= 11 is 0. The van der Waals surface area contributed by atoms with Crippen LogP contribution in [0.2, 0.25) is 0 Å². The molecule has 0 bridgehead atoms. The molecule has 0 fully saturated rings. The summed E-state index contributed by atoms with van der Waals surface area (Å²) in [6.07, 6.45) is 0.743. The minimum atomic E-state index is -0.134. The lowest BCUT2D eigenvalue weighted by atomic mass is 10.1. The van der Waals surface area contributed by atoms with E-state index in [-0.39, 0.29) is 11.5 Å². The average Bonchev–Trinajstić information content (AvgIpc) is 2.75. The second kappa shape index (κ2) is 4.51. The van der Waals surface area contributed by atoms with Gasteiger partial charge in [-0.05, 0) is 13.0 Å².